The summed E-state index contributed by atoms with van der Waals surface area (Å²) in [6.45, 7) is 2.19. The van der Waals surface area contributed by atoms with Gasteiger partial charge in [0.1, 0.15) is 0 Å². The molecular formula is C10H14N2O. The van der Waals surface area contributed by atoms with Crippen molar-refractivity contribution in [2.75, 3.05) is 0 Å². The molecule has 0 bridgehead atoms. The van der Waals surface area contributed by atoms with Crippen LogP contribution in [-0.4, -0.2) is 12.3 Å². The van der Waals surface area contributed by atoms with Crippen molar-refractivity contribution in [2.24, 2.45) is 11.8 Å². The molecular weight excluding hydrogens is 164 g/mol. The number of nitrogens with one attached hydrogen (secondary N) is 2. The number of rotatable bonds is 0. The molecule has 0 saturated carbocycles. The molecule has 2 N–H and O–H groups in total. The highest BCUT2D eigenvalue weighted by Crippen LogP contribution is 2.38. The van der Waals surface area contributed by atoms with Gasteiger partial charge in [-0.2, -0.15) is 0 Å². The summed E-state index contributed by atoms with van der Waals surface area (Å²) >= 11 is 0. The molecule has 0 aromatic carbocycles. The maximum atomic E-state index is 5.42. The van der Waals surface area contributed by atoms with Gasteiger partial charge in [-0.1, -0.05) is 11.6 Å². The molecule has 2 heterocycles. The molecule has 0 spiro atoms. The van der Waals surface area contributed by atoms with Crippen molar-refractivity contribution in [1.29, 1.82) is 0 Å². The van der Waals surface area contributed by atoms with Crippen LogP contribution in [0, 0.1) is 11.8 Å². The zero-order valence-electron chi connectivity index (χ0n) is 7.66. The van der Waals surface area contributed by atoms with Gasteiger partial charge in [0.05, 0.1) is 6.26 Å². The van der Waals surface area contributed by atoms with Gasteiger partial charge in [-0.05, 0) is 25.3 Å². The molecule has 3 aliphatic rings. The van der Waals surface area contributed by atoms with Crippen molar-refractivity contribution in [3.63, 3.8) is 0 Å². The first-order valence-electron chi connectivity index (χ1n) is 4.86. The van der Waals surface area contributed by atoms with Crippen LogP contribution in [0.1, 0.15) is 13.3 Å². The highest BCUT2D eigenvalue weighted by atomic mass is 16.5. The molecule has 0 amide bonds. The minimum atomic E-state index is 0.153. The quantitative estimate of drug-likeness (QED) is 0.541. The summed E-state index contributed by atoms with van der Waals surface area (Å²) in [4.78, 5) is 0. The maximum absolute atomic E-state index is 5.42. The molecule has 2 aliphatic heterocycles. The second-order valence-electron chi connectivity index (χ2n) is 4.08. The van der Waals surface area contributed by atoms with Crippen molar-refractivity contribution in [3.05, 3.63) is 24.0 Å². The predicted octanol–water partition coefficient (Wildman–Crippen LogP) is 0.915. The Kier molecular flexibility index (Phi) is 1.51. The van der Waals surface area contributed by atoms with Crippen LogP contribution in [0.5, 0.6) is 0 Å². The normalized spacial score (nSPS) is 46.7. The van der Waals surface area contributed by atoms with Crippen LogP contribution >= 0.6 is 0 Å². The number of hydrogen-bond donors (Lipinski definition) is 2. The van der Waals surface area contributed by atoms with Crippen molar-refractivity contribution in [1.82, 2.24) is 10.9 Å². The summed E-state index contributed by atoms with van der Waals surface area (Å²) in [5.41, 5.74) is 7.98. The molecule has 13 heavy (non-hydrogen) atoms. The lowest BCUT2D eigenvalue weighted by molar-refractivity contribution is 0.0229. The molecule has 3 rings (SSSR count). The molecule has 0 aromatic heterocycles. The van der Waals surface area contributed by atoms with E-state index in [0.29, 0.717) is 17.9 Å². The van der Waals surface area contributed by atoms with Crippen LogP contribution < -0.4 is 10.9 Å². The van der Waals surface area contributed by atoms with E-state index in [0.717, 1.165) is 0 Å². The standard InChI is InChI=1S/C10H14N2O/c1-6-2-3-7-8-4-5-13-10(8)12-11-9(6)7/h2,4-5,7-12H,3H2,1H3. The molecule has 3 nitrogen and oxygen atoms in total. The number of hydrazine groups is 1. The minimum Gasteiger partial charge on any atom is -0.481 e. The summed E-state index contributed by atoms with van der Waals surface area (Å²) in [5.74, 6) is 1.23. The van der Waals surface area contributed by atoms with Gasteiger partial charge in [0.25, 0.3) is 0 Å². The lowest BCUT2D eigenvalue weighted by atomic mass is 9.84. The number of fused-ring (bicyclic) bond motifs is 3. The smallest absolute Gasteiger partial charge is 0.168 e. The molecule has 4 unspecified atom stereocenters. The van der Waals surface area contributed by atoms with E-state index in [9.17, 15) is 0 Å². The van der Waals surface area contributed by atoms with Crippen LogP contribution in [0.2, 0.25) is 0 Å². The molecule has 4 atom stereocenters. The van der Waals surface area contributed by atoms with Crippen molar-refractivity contribution < 1.29 is 4.74 Å². The Balaban J connectivity index is 1.87. The zero-order valence-corrected chi connectivity index (χ0v) is 7.66. The van der Waals surface area contributed by atoms with E-state index in [1.165, 1.54) is 12.0 Å². The van der Waals surface area contributed by atoms with Crippen molar-refractivity contribution >= 4 is 0 Å². The monoisotopic (exact) mass is 178 g/mol. The SMILES string of the molecule is CC1=CCC2C1NNC1OC=CC12. The number of hydrogen-bond acceptors (Lipinski definition) is 3. The zero-order chi connectivity index (χ0) is 8.84. The Morgan fingerprint density at radius 3 is 3.31 bits per heavy atom. The molecule has 1 saturated heterocycles. The van der Waals surface area contributed by atoms with E-state index >= 15 is 0 Å². The summed E-state index contributed by atoms with van der Waals surface area (Å²) in [5, 5.41) is 0. The first kappa shape index (κ1) is 7.59. The highest BCUT2D eigenvalue weighted by Gasteiger charge is 2.43. The maximum Gasteiger partial charge on any atom is 0.168 e. The molecule has 70 valence electrons. The third kappa shape index (κ3) is 0.974. The lowest BCUT2D eigenvalue weighted by Crippen LogP contribution is -2.58. The molecule has 1 aliphatic carbocycles. The van der Waals surface area contributed by atoms with Crippen LogP contribution in [0.25, 0.3) is 0 Å². The predicted molar refractivity (Wildman–Crippen MR) is 49.4 cm³/mol. The molecule has 1 fully saturated rings. The molecule has 0 radical (unpaired) electrons. The van der Waals surface area contributed by atoms with E-state index in [2.05, 4.69) is 29.9 Å². The summed E-state index contributed by atoms with van der Waals surface area (Å²) in [7, 11) is 0. The number of allylic oxidation sites excluding steroid dienone is 1. The van der Waals surface area contributed by atoms with E-state index in [4.69, 9.17) is 4.74 Å². The topological polar surface area (TPSA) is 33.3 Å². The van der Waals surface area contributed by atoms with Gasteiger partial charge in [0.15, 0.2) is 6.23 Å². The second kappa shape index (κ2) is 2.59. The average Bonchev–Trinajstić information content (AvgIpc) is 2.70. The summed E-state index contributed by atoms with van der Waals surface area (Å²) in [6.07, 6.45) is 7.67. The van der Waals surface area contributed by atoms with Gasteiger partial charge in [-0.15, -0.1) is 0 Å². The Labute approximate surface area is 77.8 Å². The fourth-order valence-electron chi connectivity index (χ4n) is 2.60. The van der Waals surface area contributed by atoms with Gasteiger partial charge < -0.3 is 4.74 Å². The van der Waals surface area contributed by atoms with Crippen LogP contribution in [0.4, 0.5) is 0 Å². The Bertz CT molecular complexity index is 285. The summed E-state index contributed by atoms with van der Waals surface area (Å²) < 4.78 is 5.42. The van der Waals surface area contributed by atoms with Gasteiger partial charge >= 0.3 is 0 Å². The van der Waals surface area contributed by atoms with Gasteiger partial charge in [-0.25, -0.2) is 10.9 Å². The lowest BCUT2D eigenvalue weighted by Gasteiger charge is -2.37. The average molecular weight is 178 g/mol. The van der Waals surface area contributed by atoms with E-state index in [1.807, 2.05) is 6.26 Å². The van der Waals surface area contributed by atoms with Crippen LogP contribution in [-0.2, 0) is 4.74 Å². The van der Waals surface area contributed by atoms with Gasteiger partial charge in [0, 0.05) is 12.0 Å². The third-order valence-corrected chi connectivity index (χ3v) is 3.38. The second-order valence-corrected chi connectivity index (χ2v) is 4.08. The largest absolute Gasteiger partial charge is 0.481 e. The van der Waals surface area contributed by atoms with Gasteiger partial charge in [-0.3, -0.25) is 0 Å². The fraction of sp³-hybridized carbons (Fsp3) is 0.600. The van der Waals surface area contributed by atoms with Crippen LogP contribution in [0.3, 0.4) is 0 Å². The Hall–Kier alpha value is -0.800. The Morgan fingerprint density at radius 1 is 1.46 bits per heavy atom. The summed E-state index contributed by atoms with van der Waals surface area (Å²) in [6, 6.07) is 0.507. The van der Waals surface area contributed by atoms with Crippen molar-refractivity contribution in [2.45, 2.75) is 25.6 Å². The van der Waals surface area contributed by atoms with E-state index in [-0.39, 0.29) is 6.23 Å². The molecule has 3 heteroatoms. The molecule has 0 aromatic rings. The first-order valence-corrected chi connectivity index (χ1v) is 4.86. The van der Waals surface area contributed by atoms with Crippen LogP contribution in [0.15, 0.2) is 24.0 Å². The van der Waals surface area contributed by atoms with E-state index in [1.54, 1.807) is 0 Å². The fourth-order valence-corrected chi connectivity index (χ4v) is 2.60. The van der Waals surface area contributed by atoms with Gasteiger partial charge in [0.2, 0.25) is 0 Å². The highest BCUT2D eigenvalue weighted by molar-refractivity contribution is 5.21. The minimum absolute atomic E-state index is 0.153. The Morgan fingerprint density at radius 2 is 2.38 bits per heavy atom. The first-order chi connectivity index (χ1) is 6.36. The number of ether oxygens (including phenoxy) is 1. The third-order valence-electron chi connectivity index (χ3n) is 3.38. The van der Waals surface area contributed by atoms with E-state index < -0.39 is 0 Å². The van der Waals surface area contributed by atoms with Crippen molar-refractivity contribution in [3.8, 4) is 0 Å².